The van der Waals surface area contributed by atoms with E-state index in [9.17, 15) is 14.4 Å². The molecular weight excluding hydrogens is 468 g/mol. The van der Waals surface area contributed by atoms with Gasteiger partial charge in [-0.25, -0.2) is 14.6 Å². The molecule has 0 atom stereocenters. The van der Waals surface area contributed by atoms with Gasteiger partial charge in [0.05, 0.1) is 42.3 Å². The molecule has 1 aromatic carbocycles. The van der Waals surface area contributed by atoms with Crippen LogP contribution in [0.2, 0.25) is 0 Å². The first-order chi connectivity index (χ1) is 16.7. The number of aryl methyl sites for hydroxylation is 2. The highest BCUT2D eigenvalue weighted by atomic mass is 32.1. The Labute approximate surface area is 205 Å². The van der Waals surface area contributed by atoms with E-state index in [-0.39, 0.29) is 15.4 Å². The fourth-order valence-corrected chi connectivity index (χ4v) is 5.15. The summed E-state index contributed by atoms with van der Waals surface area (Å²) in [5.41, 5.74) is 4.68. The molecule has 0 aliphatic heterocycles. The number of nitrogens with zero attached hydrogens (tertiary/aromatic N) is 3. The van der Waals surface area contributed by atoms with E-state index in [1.165, 1.54) is 14.2 Å². The zero-order valence-corrected chi connectivity index (χ0v) is 21.0. The van der Waals surface area contributed by atoms with Crippen LogP contribution in [-0.4, -0.2) is 46.8 Å². The molecule has 0 radical (unpaired) electrons. The van der Waals surface area contributed by atoms with Crippen molar-refractivity contribution in [3.05, 3.63) is 63.3 Å². The summed E-state index contributed by atoms with van der Waals surface area (Å²) < 4.78 is 11.5. The second-order valence-corrected chi connectivity index (χ2v) is 8.96. The number of thiophene rings is 1. The van der Waals surface area contributed by atoms with Crippen molar-refractivity contribution in [2.45, 2.75) is 20.8 Å². The molecule has 0 aliphatic rings. The molecule has 180 valence electrons. The summed E-state index contributed by atoms with van der Waals surface area (Å²) in [5, 5.41) is 8.13. The van der Waals surface area contributed by atoms with Crippen molar-refractivity contribution < 1.29 is 23.9 Å². The smallest absolute Gasteiger partial charge is 0.348 e. The van der Waals surface area contributed by atoms with Gasteiger partial charge in [0.25, 0.3) is 5.91 Å². The number of hydrogen-bond donors (Lipinski definition) is 1. The summed E-state index contributed by atoms with van der Waals surface area (Å²) >= 11 is 0.963. The van der Waals surface area contributed by atoms with E-state index < -0.39 is 17.8 Å². The molecule has 0 fully saturated rings. The van der Waals surface area contributed by atoms with E-state index in [1.807, 2.05) is 45.2 Å². The molecule has 0 bridgehead atoms. The minimum Gasteiger partial charge on any atom is -0.465 e. The average molecular weight is 493 g/mol. The van der Waals surface area contributed by atoms with Gasteiger partial charge in [0.15, 0.2) is 0 Å². The monoisotopic (exact) mass is 492 g/mol. The number of nitrogens with one attached hydrogen (secondary N) is 1. The van der Waals surface area contributed by atoms with E-state index >= 15 is 0 Å². The summed E-state index contributed by atoms with van der Waals surface area (Å²) in [4.78, 5) is 43.3. The van der Waals surface area contributed by atoms with Gasteiger partial charge in [-0.3, -0.25) is 9.48 Å². The number of para-hydroxylation sites is 1. The van der Waals surface area contributed by atoms with E-state index in [1.54, 1.807) is 17.7 Å². The highest BCUT2D eigenvalue weighted by Crippen LogP contribution is 2.35. The van der Waals surface area contributed by atoms with Crippen molar-refractivity contribution in [1.82, 2.24) is 14.8 Å². The molecule has 0 unspecified atom stereocenters. The Morgan fingerprint density at radius 3 is 2.34 bits per heavy atom. The van der Waals surface area contributed by atoms with Crippen LogP contribution in [0, 0.1) is 20.8 Å². The molecule has 10 heteroatoms. The van der Waals surface area contributed by atoms with Gasteiger partial charge in [-0.2, -0.15) is 5.10 Å². The lowest BCUT2D eigenvalue weighted by molar-refractivity contribution is 0.0601. The van der Waals surface area contributed by atoms with Crippen molar-refractivity contribution >= 4 is 45.1 Å². The minimum absolute atomic E-state index is 0.115. The standard InChI is InChI=1S/C25H24N4O5S/c1-12-19(24(31)33-5)23(35-21(12)25(32)34-6)27-22(30)16-11-18(20-13(2)28-29(4)14(20)3)26-17-10-8-7-9-15(16)17/h7-11H,1-6H3,(H,27,30). The predicted molar refractivity (Wildman–Crippen MR) is 133 cm³/mol. The van der Waals surface area contributed by atoms with Gasteiger partial charge in [-0.15, -0.1) is 11.3 Å². The predicted octanol–water partition coefficient (Wildman–Crippen LogP) is 4.45. The molecule has 0 saturated heterocycles. The number of carbonyl (C=O) groups is 3. The summed E-state index contributed by atoms with van der Waals surface area (Å²) in [6.07, 6.45) is 0. The van der Waals surface area contributed by atoms with Gasteiger partial charge in [0.1, 0.15) is 9.88 Å². The fourth-order valence-electron chi connectivity index (χ4n) is 4.04. The van der Waals surface area contributed by atoms with Crippen LogP contribution < -0.4 is 5.32 Å². The molecular formula is C25H24N4O5S. The lowest BCUT2D eigenvalue weighted by atomic mass is 10.0. The SMILES string of the molecule is COC(=O)c1sc(NC(=O)c2cc(-c3c(C)nn(C)c3C)nc3ccccc23)c(C(=O)OC)c1C. The molecule has 1 amide bonds. The zero-order valence-electron chi connectivity index (χ0n) is 20.2. The molecule has 3 heterocycles. The van der Waals surface area contributed by atoms with Crippen molar-refractivity contribution in [2.75, 3.05) is 19.5 Å². The number of carbonyl (C=O) groups excluding carboxylic acids is 3. The number of methoxy groups -OCH3 is 2. The maximum atomic E-state index is 13.6. The molecule has 0 spiro atoms. The van der Waals surface area contributed by atoms with Crippen LogP contribution in [-0.2, 0) is 16.5 Å². The Balaban J connectivity index is 1.86. The Bertz CT molecular complexity index is 1500. The first-order valence-corrected chi connectivity index (χ1v) is 11.5. The molecule has 3 aromatic heterocycles. The minimum atomic E-state index is -0.661. The number of rotatable bonds is 5. The van der Waals surface area contributed by atoms with Crippen molar-refractivity contribution in [2.24, 2.45) is 7.05 Å². The van der Waals surface area contributed by atoms with E-state index in [2.05, 4.69) is 10.4 Å². The molecule has 4 rings (SSSR count). The van der Waals surface area contributed by atoms with Gasteiger partial charge in [0, 0.05) is 23.7 Å². The number of benzene rings is 1. The number of pyridine rings is 1. The molecule has 0 aliphatic carbocycles. The number of anilines is 1. The Hall–Kier alpha value is -4.05. The number of ether oxygens (including phenoxy) is 2. The van der Waals surface area contributed by atoms with Gasteiger partial charge in [-0.05, 0) is 38.5 Å². The van der Waals surface area contributed by atoms with E-state index in [4.69, 9.17) is 14.5 Å². The topological polar surface area (TPSA) is 112 Å². The Kier molecular flexibility index (Phi) is 6.40. The zero-order chi connectivity index (χ0) is 25.4. The van der Waals surface area contributed by atoms with Gasteiger partial charge >= 0.3 is 11.9 Å². The summed E-state index contributed by atoms with van der Waals surface area (Å²) in [5.74, 6) is -1.71. The number of amides is 1. The Morgan fingerprint density at radius 2 is 1.71 bits per heavy atom. The highest BCUT2D eigenvalue weighted by molar-refractivity contribution is 7.18. The molecule has 0 saturated carbocycles. The quantitative estimate of drug-likeness (QED) is 0.410. The van der Waals surface area contributed by atoms with E-state index in [0.29, 0.717) is 27.7 Å². The second-order valence-electron chi connectivity index (χ2n) is 7.94. The lowest BCUT2D eigenvalue weighted by Crippen LogP contribution is -2.15. The van der Waals surface area contributed by atoms with Gasteiger partial charge in [-0.1, -0.05) is 18.2 Å². The Morgan fingerprint density at radius 1 is 1.03 bits per heavy atom. The van der Waals surface area contributed by atoms with Crippen LogP contribution in [0.3, 0.4) is 0 Å². The second kappa shape index (κ2) is 9.30. The molecule has 35 heavy (non-hydrogen) atoms. The lowest BCUT2D eigenvalue weighted by Gasteiger charge is -2.11. The first-order valence-electron chi connectivity index (χ1n) is 10.7. The van der Waals surface area contributed by atoms with Crippen LogP contribution in [0.15, 0.2) is 30.3 Å². The van der Waals surface area contributed by atoms with Crippen LogP contribution in [0.25, 0.3) is 22.2 Å². The number of hydrogen-bond acceptors (Lipinski definition) is 8. The number of esters is 2. The van der Waals surface area contributed by atoms with Crippen molar-refractivity contribution in [3.8, 4) is 11.3 Å². The third-order valence-corrected chi connectivity index (χ3v) is 7.05. The maximum absolute atomic E-state index is 13.6. The molecule has 9 nitrogen and oxygen atoms in total. The van der Waals surface area contributed by atoms with Crippen LogP contribution >= 0.6 is 11.3 Å². The average Bonchev–Trinajstić information content (AvgIpc) is 3.30. The summed E-state index contributed by atoms with van der Waals surface area (Å²) in [6.45, 7) is 5.44. The fraction of sp³-hybridized carbons (Fsp3) is 0.240. The maximum Gasteiger partial charge on any atom is 0.348 e. The van der Waals surface area contributed by atoms with Gasteiger partial charge in [0.2, 0.25) is 0 Å². The largest absolute Gasteiger partial charge is 0.465 e. The summed E-state index contributed by atoms with van der Waals surface area (Å²) in [6, 6.07) is 9.04. The van der Waals surface area contributed by atoms with Gasteiger partial charge < -0.3 is 14.8 Å². The van der Waals surface area contributed by atoms with E-state index in [0.717, 1.165) is 28.3 Å². The highest BCUT2D eigenvalue weighted by Gasteiger charge is 2.28. The summed E-state index contributed by atoms with van der Waals surface area (Å²) in [7, 11) is 4.35. The van der Waals surface area contributed by atoms with Crippen LogP contribution in [0.4, 0.5) is 5.00 Å². The van der Waals surface area contributed by atoms with Crippen LogP contribution in [0.1, 0.15) is 47.3 Å². The normalized spacial score (nSPS) is 10.9. The molecule has 1 N–H and O–H groups in total. The van der Waals surface area contributed by atoms with Crippen molar-refractivity contribution in [3.63, 3.8) is 0 Å². The third kappa shape index (κ3) is 4.17. The first kappa shape index (κ1) is 24.1. The van der Waals surface area contributed by atoms with Crippen LogP contribution in [0.5, 0.6) is 0 Å². The van der Waals surface area contributed by atoms with Crippen molar-refractivity contribution in [1.29, 1.82) is 0 Å². The molecule has 4 aromatic rings. The number of fused-ring (bicyclic) bond motifs is 1. The third-order valence-electron chi connectivity index (χ3n) is 5.86. The number of aromatic nitrogens is 3.